The molecule has 19 heavy (non-hydrogen) atoms. The van der Waals surface area contributed by atoms with Crippen LogP contribution in [0.2, 0.25) is 5.02 Å². The van der Waals surface area contributed by atoms with Crippen molar-refractivity contribution in [3.63, 3.8) is 0 Å². The van der Waals surface area contributed by atoms with Crippen molar-refractivity contribution in [3.05, 3.63) is 52.4 Å². The molecule has 1 aromatic carbocycles. The second-order valence-electron chi connectivity index (χ2n) is 4.11. The lowest BCUT2D eigenvalue weighted by Gasteiger charge is -2.07. The molecule has 1 heterocycles. The van der Waals surface area contributed by atoms with E-state index in [2.05, 4.69) is 5.32 Å². The molecule has 1 aromatic heterocycles. The van der Waals surface area contributed by atoms with Crippen molar-refractivity contribution in [2.24, 2.45) is 0 Å². The zero-order chi connectivity index (χ0) is 13.8. The van der Waals surface area contributed by atoms with E-state index in [0.717, 1.165) is 5.56 Å². The van der Waals surface area contributed by atoms with Gasteiger partial charge in [-0.25, -0.2) is 0 Å². The average molecular weight is 280 g/mol. The minimum Gasteiger partial charge on any atom is -0.453 e. The maximum absolute atomic E-state index is 12.0. The van der Waals surface area contributed by atoms with Crippen molar-refractivity contribution in [1.82, 2.24) is 0 Å². The molecule has 4 nitrogen and oxygen atoms in total. The highest BCUT2D eigenvalue weighted by molar-refractivity contribution is 6.30. The highest BCUT2D eigenvalue weighted by Crippen LogP contribution is 2.20. The number of anilines is 1. The minimum atomic E-state index is -0.298. The molecule has 0 unspecified atom stereocenters. The van der Waals surface area contributed by atoms with Crippen LogP contribution < -0.4 is 5.32 Å². The van der Waals surface area contributed by atoms with Gasteiger partial charge in [0.1, 0.15) is 12.4 Å². The fourth-order valence-electron chi connectivity index (χ4n) is 1.67. The largest absolute Gasteiger partial charge is 0.453 e. The summed E-state index contributed by atoms with van der Waals surface area (Å²) < 4.78 is 10.3. The van der Waals surface area contributed by atoms with Gasteiger partial charge in [0.2, 0.25) is 0 Å². The first-order valence-electron chi connectivity index (χ1n) is 5.75. The molecule has 5 heteroatoms. The monoisotopic (exact) mass is 279 g/mol. The van der Waals surface area contributed by atoms with Crippen molar-refractivity contribution in [1.29, 1.82) is 0 Å². The van der Waals surface area contributed by atoms with Gasteiger partial charge in [0.05, 0.1) is 0 Å². The van der Waals surface area contributed by atoms with Gasteiger partial charge < -0.3 is 14.5 Å². The summed E-state index contributed by atoms with van der Waals surface area (Å²) in [5.74, 6) is 0.564. The third kappa shape index (κ3) is 3.36. The number of halogens is 1. The van der Waals surface area contributed by atoms with Gasteiger partial charge >= 0.3 is 0 Å². The highest BCUT2D eigenvalue weighted by Gasteiger charge is 2.12. The standard InChI is InChI=1S/C14H14ClNO3/c1-9-7-10(15)3-5-12(9)16-14(17)13-6-4-11(19-13)8-18-2/h3-7H,8H2,1-2H3,(H,16,17). The molecule has 0 fully saturated rings. The van der Waals surface area contributed by atoms with Gasteiger partial charge in [-0.2, -0.15) is 0 Å². The van der Waals surface area contributed by atoms with Crippen LogP contribution in [-0.2, 0) is 11.3 Å². The average Bonchev–Trinajstić information content (AvgIpc) is 2.82. The number of methoxy groups -OCH3 is 1. The summed E-state index contributed by atoms with van der Waals surface area (Å²) in [5.41, 5.74) is 1.60. The number of hydrogen-bond acceptors (Lipinski definition) is 3. The smallest absolute Gasteiger partial charge is 0.291 e. The molecule has 0 aliphatic heterocycles. The number of carbonyl (C=O) groups is 1. The number of nitrogens with one attached hydrogen (secondary N) is 1. The molecule has 0 aliphatic rings. The number of furan rings is 1. The zero-order valence-corrected chi connectivity index (χ0v) is 11.5. The molecule has 0 saturated heterocycles. The number of amides is 1. The van der Waals surface area contributed by atoms with Crippen LogP contribution in [0.5, 0.6) is 0 Å². The number of carbonyl (C=O) groups excluding carboxylic acids is 1. The van der Waals surface area contributed by atoms with E-state index in [-0.39, 0.29) is 11.7 Å². The molecule has 2 aromatic rings. The first-order valence-corrected chi connectivity index (χ1v) is 6.13. The van der Waals surface area contributed by atoms with E-state index in [1.165, 1.54) is 0 Å². The minimum absolute atomic E-state index is 0.251. The van der Waals surface area contributed by atoms with Crippen LogP contribution in [0.4, 0.5) is 5.69 Å². The molecule has 0 saturated carbocycles. The van der Waals surface area contributed by atoms with E-state index < -0.39 is 0 Å². The normalized spacial score (nSPS) is 10.5. The van der Waals surface area contributed by atoms with E-state index in [1.807, 2.05) is 6.92 Å². The Morgan fingerprint density at radius 1 is 1.37 bits per heavy atom. The molecular formula is C14H14ClNO3. The summed E-state index contributed by atoms with van der Waals surface area (Å²) in [5, 5.41) is 3.41. The van der Waals surface area contributed by atoms with Gasteiger partial charge in [0.25, 0.3) is 5.91 Å². The first-order chi connectivity index (χ1) is 9.10. The Bertz CT molecular complexity index is 592. The zero-order valence-electron chi connectivity index (χ0n) is 10.7. The van der Waals surface area contributed by atoms with E-state index in [1.54, 1.807) is 37.4 Å². The fraction of sp³-hybridized carbons (Fsp3) is 0.214. The van der Waals surface area contributed by atoms with Crippen LogP contribution >= 0.6 is 11.6 Å². The number of aryl methyl sites for hydroxylation is 1. The molecule has 0 spiro atoms. The Labute approximate surface area is 116 Å². The van der Waals surface area contributed by atoms with Crippen LogP contribution in [0.1, 0.15) is 21.9 Å². The molecule has 2 rings (SSSR count). The Morgan fingerprint density at radius 3 is 2.84 bits per heavy atom. The van der Waals surface area contributed by atoms with E-state index in [9.17, 15) is 4.79 Å². The summed E-state index contributed by atoms with van der Waals surface area (Å²) in [7, 11) is 1.57. The lowest BCUT2D eigenvalue weighted by Crippen LogP contribution is -2.11. The Morgan fingerprint density at radius 2 is 2.16 bits per heavy atom. The summed E-state index contributed by atoms with van der Waals surface area (Å²) >= 11 is 5.86. The van der Waals surface area contributed by atoms with Crippen molar-refractivity contribution in [2.75, 3.05) is 12.4 Å². The molecule has 0 atom stereocenters. The molecule has 1 N–H and O–H groups in total. The predicted molar refractivity (Wildman–Crippen MR) is 73.6 cm³/mol. The van der Waals surface area contributed by atoms with E-state index >= 15 is 0 Å². The van der Waals surface area contributed by atoms with Crippen LogP contribution in [0.25, 0.3) is 0 Å². The summed E-state index contributed by atoms with van der Waals surface area (Å²) in [6, 6.07) is 8.61. The fourth-order valence-corrected chi connectivity index (χ4v) is 1.90. The van der Waals surface area contributed by atoms with Crippen molar-refractivity contribution >= 4 is 23.2 Å². The van der Waals surface area contributed by atoms with Crippen LogP contribution in [0.15, 0.2) is 34.7 Å². The van der Waals surface area contributed by atoms with Crippen molar-refractivity contribution < 1.29 is 13.9 Å². The Hall–Kier alpha value is -1.78. The molecule has 1 amide bonds. The third-order valence-electron chi connectivity index (χ3n) is 2.61. The molecule has 100 valence electrons. The third-order valence-corrected chi connectivity index (χ3v) is 2.84. The summed E-state index contributed by atoms with van der Waals surface area (Å²) in [4.78, 5) is 12.0. The lowest BCUT2D eigenvalue weighted by molar-refractivity contribution is 0.0987. The van der Waals surface area contributed by atoms with Gasteiger partial charge in [0.15, 0.2) is 5.76 Å². The molecule has 0 radical (unpaired) electrons. The number of hydrogen-bond donors (Lipinski definition) is 1. The van der Waals surface area contributed by atoms with Crippen molar-refractivity contribution in [2.45, 2.75) is 13.5 Å². The molecule has 0 aliphatic carbocycles. The first kappa shape index (κ1) is 13.6. The predicted octanol–water partition coefficient (Wildman–Crippen LogP) is 3.64. The van der Waals surface area contributed by atoms with Crippen LogP contribution in [-0.4, -0.2) is 13.0 Å². The van der Waals surface area contributed by atoms with E-state index in [4.69, 9.17) is 20.8 Å². The Balaban J connectivity index is 2.11. The topological polar surface area (TPSA) is 51.5 Å². The van der Waals surface area contributed by atoms with Gasteiger partial charge in [-0.1, -0.05) is 11.6 Å². The quantitative estimate of drug-likeness (QED) is 0.929. The lowest BCUT2D eigenvalue weighted by atomic mass is 10.2. The Kier molecular flexibility index (Phi) is 4.24. The SMILES string of the molecule is COCc1ccc(C(=O)Nc2ccc(Cl)cc2C)o1. The van der Waals surface area contributed by atoms with Gasteiger partial charge in [-0.3, -0.25) is 4.79 Å². The van der Waals surface area contributed by atoms with Gasteiger partial charge in [0, 0.05) is 17.8 Å². The summed E-state index contributed by atoms with van der Waals surface area (Å²) in [6.45, 7) is 2.22. The highest BCUT2D eigenvalue weighted by atomic mass is 35.5. The summed E-state index contributed by atoms with van der Waals surface area (Å²) in [6.07, 6.45) is 0. The molecule has 0 bridgehead atoms. The molecular weight excluding hydrogens is 266 g/mol. The maximum atomic E-state index is 12.0. The number of rotatable bonds is 4. The van der Waals surface area contributed by atoms with Crippen molar-refractivity contribution in [3.8, 4) is 0 Å². The van der Waals surface area contributed by atoms with E-state index in [0.29, 0.717) is 23.1 Å². The number of benzene rings is 1. The maximum Gasteiger partial charge on any atom is 0.291 e. The van der Waals surface area contributed by atoms with Crippen LogP contribution in [0.3, 0.4) is 0 Å². The second-order valence-corrected chi connectivity index (χ2v) is 4.55. The number of ether oxygens (including phenoxy) is 1. The second kappa shape index (κ2) is 5.91. The van der Waals surface area contributed by atoms with Gasteiger partial charge in [-0.15, -0.1) is 0 Å². The van der Waals surface area contributed by atoms with Gasteiger partial charge in [-0.05, 0) is 42.8 Å². The van der Waals surface area contributed by atoms with Crippen LogP contribution in [0, 0.1) is 6.92 Å².